The summed E-state index contributed by atoms with van der Waals surface area (Å²) in [4.78, 5) is 14.7. The van der Waals surface area contributed by atoms with Crippen LogP contribution in [0.3, 0.4) is 0 Å². The number of carbonyl (C=O) groups is 1. The van der Waals surface area contributed by atoms with E-state index in [1.54, 1.807) is 12.1 Å². The van der Waals surface area contributed by atoms with Gasteiger partial charge in [-0.05, 0) is 48.9 Å². The van der Waals surface area contributed by atoms with Crippen LogP contribution in [0.4, 0.5) is 4.39 Å². The number of hydrogen-bond donors (Lipinski definition) is 0. The molecule has 1 saturated heterocycles. The van der Waals surface area contributed by atoms with Gasteiger partial charge in [0.1, 0.15) is 5.82 Å². The van der Waals surface area contributed by atoms with Crippen molar-refractivity contribution in [3.05, 3.63) is 59.9 Å². The fourth-order valence-electron chi connectivity index (χ4n) is 3.85. The second kappa shape index (κ2) is 5.24. The molecule has 2 aromatic carbocycles. The van der Waals surface area contributed by atoms with E-state index in [1.165, 1.54) is 12.5 Å². The van der Waals surface area contributed by atoms with Gasteiger partial charge in [-0.15, -0.1) is 0 Å². The Morgan fingerprint density at radius 1 is 1.09 bits per heavy atom. The predicted octanol–water partition coefficient (Wildman–Crippen LogP) is 4.12. The molecule has 1 amide bonds. The first-order valence-electron chi connectivity index (χ1n) is 7.88. The lowest BCUT2D eigenvalue weighted by atomic mass is 10.0. The smallest absolute Gasteiger partial charge is 0.254 e. The highest BCUT2D eigenvalue weighted by Gasteiger charge is 2.40. The summed E-state index contributed by atoms with van der Waals surface area (Å²) in [6, 6.07) is 14.4. The lowest BCUT2D eigenvalue weighted by Gasteiger charge is -2.27. The fourth-order valence-corrected chi connectivity index (χ4v) is 3.85. The summed E-state index contributed by atoms with van der Waals surface area (Å²) in [6.07, 6.45) is 3.53. The van der Waals surface area contributed by atoms with Gasteiger partial charge in [0.25, 0.3) is 5.91 Å². The van der Waals surface area contributed by atoms with E-state index >= 15 is 0 Å². The minimum atomic E-state index is -0.257. The van der Waals surface area contributed by atoms with Crippen LogP contribution in [-0.2, 0) is 0 Å². The Kier molecular flexibility index (Phi) is 3.21. The summed E-state index contributed by atoms with van der Waals surface area (Å²) in [6.45, 7) is 0.882. The number of hydrogen-bond acceptors (Lipinski definition) is 1. The number of amides is 1. The number of piperidine rings is 1. The average molecular weight is 295 g/mol. The van der Waals surface area contributed by atoms with E-state index in [-0.39, 0.29) is 11.7 Å². The number of fused-ring (bicyclic) bond motifs is 2. The van der Waals surface area contributed by atoms with Crippen LogP contribution in [0.2, 0.25) is 0 Å². The lowest BCUT2D eigenvalue weighted by molar-refractivity contribution is 0.0703. The Balaban J connectivity index is 1.65. The summed E-state index contributed by atoms with van der Waals surface area (Å²) in [5.74, 6) is 0.515. The van der Waals surface area contributed by atoms with Crippen molar-refractivity contribution in [3.8, 4) is 11.1 Å². The number of rotatable bonds is 2. The van der Waals surface area contributed by atoms with E-state index in [0.717, 1.165) is 24.9 Å². The highest BCUT2D eigenvalue weighted by Crippen LogP contribution is 2.38. The summed E-state index contributed by atoms with van der Waals surface area (Å²) >= 11 is 0. The third-order valence-electron chi connectivity index (χ3n) is 4.96. The van der Waals surface area contributed by atoms with Gasteiger partial charge in [0.15, 0.2) is 0 Å². The van der Waals surface area contributed by atoms with Crippen molar-refractivity contribution in [1.82, 2.24) is 4.90 Å². The molecule has 2 nitrogen and oxygen atoms in total. The molecule has 4 rings (SSSR count). The molecule has 0 spiro atoms. The maximum absolute atomic E-state index is 13.9. The summed E-state index contributed by atoms with van der Waals surface area (Å²) < 4.78 is 13.9. The van der Waals surface area contributed by atoms with Gasteiger partial charge in [0, 0.05) is 23.7 Å². The van der Waals surface area contributed by atoms with Crippen LogP contribution in [0.15, 0.2) is 48.5 Å². The number of nitrogens with zero attached hydrogens (tertiary/aromatic N) is 1. The normalized spacial score (nSPS) is 23.0. The first-order valence-corrected chi connectivity index (χ1v) is 7.88. The Morgan fingerprint density at radius 3 is 2.68 bits per heavy atom. The van der Waals surface area contributed by atoms with Crippen LogP contribution in [0.25, 0.3) is 11.1 Å². The minimum absolute atomic E-state index is 0.0883. The largest absolute Gasteiger partial charge is 0.335 e. The molecule has 1 heterocycles. The van der Waals surface area contributed by atoms with E-state index < -0.39 is 0 Å². The van der Waals surface area contributed by atoms with Crippen molar-refractivity contribution in [2.45, 2.75) is 25.3 Å². The number of benzene rings is 2. The SMILES string of the molecule is O=C(c1cccc(-c2ccccc2F)c1)N1C[C@H]2CC[C@H]1C2. The van der Waals surface area contributed by atoms with E-state index in [4.69, 9.17) is 0 Å². The van der Waals surface area contributed by atoms with Crippen LogP contribution in [0, 0.1) is 11.7 Å². The molecule has 2 aliphatic rings. The van der Waals surface area contributed by atoms with Crippen molar-refractivity contribution < 1.29 is 9.18 Å². The second-order valence-corrected chi connectivity index (χ2v) is 6.35. The maximum Gasteiger partial charge on any atom is 0.254 e. The van der Waals surface area contributed by atoms with Gasteiger partial charge in [-0.2, -0.15) is 0 Å². The monoisotopic (exact) mass is 295 g/mol. The van der Waals surface area contributed by atoms with Crippen molar-refractivity contribution in [1.29, 1.82) is 0 Å². The van der Waals surface area contributed by atoms with Crippen molar-refractivity contribution in [3.63, 3.8) is 0 Å². The molecule has 22 heavy (non-hydrogen) atoms. The van der Waals surface area contributed by atoms with E-state index in [9.17, 15) is 9.18 Å². The number of carbonyl (C=O) groups excluding carboxylic acids is 1. The van der Waals surface area contributed by atoms with Crippen LogP contribution >= 0.6 is 0 Å². The summed E-state index contributed by atoms with van der Waals surface area (Å²) in [7, 11) is 0. The van der Waals surface area contributed by atoms with Gasteiger partial charge in [-0.1, -0.05) is 30.3 Å². The topological polar surface area (TPSA) is 20.3 Å². The quantitative estimate of drug-likeness (QED) is 0.816. The highest BCUT2D eigenvalue weighted by molar-refractivity contribution is 5.96. The molecule has 3 heteroatoms. The van der Waals surface area contributed by atoms with Crippen LogP contribution in [0.1, 0.15) is 29.6 Å². The van der Waals surface area contributed by atoms with E-state index in [2.05, 4.69) is 0 Å². The lowest BCUT2D eigenvalue weighted by Crippen LogP contribution is -2.37. The third-order valence-corrected chi connectivity index (χ3v) is 4.96. The van der Waals surface area contributed by atoms with Gasteiger partial charge in [0.2, 0.25) is 0 Å². The zero-order valence-electron chi connectivity index (χ0n) is 12.3. The third kappa shape index (κ3) is 2.21. The predicted molar refractivity (Wildman–Crippen MR) is 84.0 cm³/mol. The van der Waals surface area contributed by atoms with Crippen molar-refractivity contribution >= 4 is 5.91 Å². The second-order valence-electron chi connectivity index (χ2n) is 6.35. The Bertz CT molecular complexity index is 727. The molecule has 1 aliphatic carbocycles. The summed E-state index contributed by atoms with van der Waals surface area (Å²) in [5, 5.41) is 0. The van der Waals surface area contributed by atoms with Gasteiger partial charge in [-0.25, -0.2) is 4.39 Å². The molecule has 1 aliphatic heterocycles. The molecule has 112 valence electrons. The van der Waals surface area contributed by atoms with E-state index in [0.29, 0.717) is 23.1 Å². The molecule has 2 bridgehead atoms. The first-order chi connectivity index (χ1) is 10.7. The average Bonchev–Trinajstić information content (AvgIpc) is 3.18. The number of halogens is 1. The Morgan fingerprint density at radius 2 is 1.95 bits per heavy atom. The van der Waals surface area contributed by atoms with E-state index in [1.807, 2.05) is 35.2 Å². The van der Waals surface area contributed by atoms with Crippen LogP contribution < -0.4 is 0 Å². The van der Waals surface area contributed by atoms with Crippen molar-refractivity contribution in [2.24, 2.45) is 5.92 Å². The van der Waals surface area contributed by atoms with Gasteiger partial charge in [-0.3, -0.25) is 4.79 Å². The standard InChI is InChI=1S/C19H18FNO/c20-18-7-2-1-6-17(18)14-4-3-5-15(11-14)19(22)21-12-13-8-9-16(21)10-13/h1-7,11,13,16H,8-10,12H2/t13-,16-/m0/s1. The molecule has 2 fully saturated rings. The zero-order valence-corrected chi connectivity index (χ0v) is 12.3. The molecular formula is C19H18FNO. The molecule has 0 aromatic heterocycles. The molecule has 0 radical (unpaired) electrons. The molecule has 1 saturated carbocycles. The molecule has 2 aromatic rings. The van der Waals surface area contributed by atoms with Crippen LogP contribution in [0.5, 0.6) is 0 Å². The van der Waals surface area contributed by atoms with Gasteiger partial charge < -0.3 is 4.90 Å². The zero-order chi connectivity index (χ0) is 15.1. The molecule has 2 atom stereocenters. The molecule has 0 N–H and O–H groups in total. The molecular weight excluding hydrogens is 277 g/mol. The first kappa shape index (κ1) is 13.5. The Labute approximate surface area is 129 Å². The number of likely N-dealkylation sites (tertiary alicyclic amines) is 1. The highest BCUT2D eigenvalue weighted by atomic mass is 19.1. The maximum atomic E-state index is 13.9. The summed E-state index contributed by atoms with van der Waals surface area (Å²) in [5.41, 5.74) is 1.96. The van der Waals surface area contributed by atoms with Crippen molar-refractivity contribution in [2.75, 3.05) is 6.54 Å². The fraction of sp³-hybridized carbons (Fsp3) is 0.316. The molecule has 0 unspecified atom stereocenters. The Hall–Kier alpha value is -2.16. The van der Waals surface area contributed by atoms with Crippen LogP contribution in [-0.4, -0.2) is 23.4 Å². The van der Waals surface area contributed by atoms with Gasteiger partial charge >= 0.3 is 0 Å². The van der Waals surface area contributed by atoms with Gasteiger partial charge in [0.05, 0.1) is 0 Å². The minimum Gasteiger partial charge on any atom is -0.335 e.